The molecule has 2 aliphatic heterocycles. The van der Waals surface area contributed by atoms with E-state index in [1.165, 1.54) is 0 Å². The Bertz CT molecular complexity index is 1320. The number of aryl methyl sites for hydroxylation is 1. The van der Waals surface area contributed by atoms with Crippen molar-refractivity contribution >= 4 is 22.8 Å². The molecule has 0 unspecified atom stereocenters. The molecule has 1 saturated carbocycles. The molecule has 7 N–H and O–H groups in total. The zero-order chi connectivity index (χ0) is 31.6. The third-order valence-electron chi connectivity index (χ3n) is 8.98. The minimum atomic E-state index is -2.19. The Labute approximate surface area is 254 Å². The number of carbonyl (C=O) groups is 2. The van der Waals surface area contributed by atoms with Crippen molar-refractivity contribution in [2.75, 3.05) is 33.4 Å². The number of esters is 1. The van der Waals surface area contributed by atoms with Gasteiger partial charge in [-0.15, -0.1) is 0 Å². The molecule has 14 heteroatoms. The van der Waals surface area contributed by atoms with Gasteiger partial charge in [0.05, 0.1) is 18.3 Å². The highest BCUT2D eigenvalue weighted by Crippen LogP contribution is 2.54. The topological polar surface area (TPSA) is 209 Å². The Hall–Kier alpha value is -2.98. The highest BCUT2D eigenvalue weighted by Gasteiger charge is 2.53. The molecular formula is C30H42N2O12. The van der Waals surface area contributed by atoms with Crippen LogP contribution in [0, 0.1) is 5.41 Å². The van der Waals surface area contributed by atoms with Crippen LogP contribution in [-0.4, -0.2) is 108 Å². The zero-order valence-electron chi connectivity index (χ0n) is 24.9. The smallest absolute Gasteiger partial charge is 0.306 e. The molecule has 1 aromatic carbocycles. The van der Waals surface area contributed by atoms with Crippen LogP contribution in [0.15, 0.2) is 16.7 Å². The number of hydrogen-bond donors (Lipinski definition) is 7. The first-order valence-electron chi connectivity index (χ1n) is 15.1. The van der Waals surface area contributed by atoms with Crippen molar-refractivity contribution in [2.45, 2.75) is 88.4 Å². The quantitative estimate of drug-likeness (QED) is 0.0930. The number of ether oxygens (including phenoxy) is 4. The number of hydrogen-bond acceptors (Lipinski definition) is 13. The van der Waals surface area contributed by atoms with E-state index in [2.05, 4.69) is 10.6 Å². The van der Waals surface area contributed by atoms with Crippen LogP contribution in [0.3, 0.4) is 0 Å². The Morgan fingerprint density at radius 3 is 2.59 bits per heavy atom. The number of amides is 1. The van der Waals surface area contributed by atoms with Crippen LogP contribution in [-0.2, 0) is 25.5 Å². The maximum Gasteiger partial charge on any atom is 0.306 e. The van der Waals surface area contributed by atoms with E-state index in [-0.39, 0.29) is 49.4 Å². The molecule has 5 rings (SSSR count). The van der Waals surface area contributed by atoms with E-state index in [1.54, 1.807) is 26.3 Å². The van der Waals surface area contributed by atoms with Gasteiger partial charge in [-0.2, -0.15) is 0 Å². The van der Waals surface area contributed by atoms with Crippen molar-refractivity contribution in [3.05, 3.63) is 23.5 Å². The monoisotopic (exact) mass is 622 g/mol. The third-order valence-corrected chi connectivity index (χ3v) is 8.98. The molecule has 3 heterocycles. The lowest BCUT2D eigenvalue weighted by Crippen LogP contribution is -2.62. The Balaban J connectivity index is 1.61. The molecule has 3 fully saturated rings. The molecule has 14 nitrogen and oxygen atoms in total. The minimum Gasteiger partial charge on any atom is -0.485 e. The normalized spacial score (nSPS) is 28.1. The number of furan rings is 1. The van der Waals surface area contributed by atoms with Gasteiger partial charge < -0.3 is 59.5 Å². The Morgan fingerprint density at radius 2 is 1.91 bits per heavy atom. The van der Waals surface area contributed by atoms with Crippen molar-refractivity contribution in [2.24, 2.45) is 5.41 Å². The summed E-state index contributed by atoms with van der Waals surface area (Å²) in [7, 11) is 1.75. The SMILES string of the molecule is CCOC(=O)CCc1cc2c([C@@H]3CNC(=O)C34CCCC4)coc2c(OCCNC)c1O[C@H]1O[C@H](C(O)O)[C@@H](O)[C@H](O)[C@H]1O. The number of fused-ring (bicyclic) bond motifs is 1. The second-order valence-electron chi connectivity index (χ2n) is 11.6. The molecule has 1 aliphatic carbocycles. The summed E-state index contributed by atoms with van der Waals surface area (Å²) in [6, 6.07) is 1.79. The summed E-state index contributed by atoms with van der Waals surface area (Å²) in [5.74, 6) is -0.394. The van der Waals surface area contributed by atoms with E-state index in [0.717, 1.165) is 31.2 Å². The summed E-state index contributed by atoms with van der Waals surface area (Å²) in [4.78, 5) is 25.5. The van der Waals surface area contributed by atoms with E-state index >= 15 is 0 Å². The van der Waals surface area contributed by atoms with Crippen LogP contribution >= 0.6 is 0 Å². The van der Waals surface area contributed by atoms with Crippen LogP contribution in [0.2, 0.25) is 0 Å². The van der Waals surface area contributed by atoms with Crippen LogP contribution in [0.4, 0.5) is 0 Å². The summed E-state index contributed by atoms with van der Waals surface area (Å²) in [6.07, 6.45) is -5.83. The fourth-order valence-electron chi connectivity index (χ4n) is 6.68. The number of carbonyl (C=O) groups excluding carboxylic acids is 2. The molecule has 244 valence electrons. The molecule has 3 aliphatic rings. The van der Waals surface area contributed by atoms with Crippen molar-refractivity contribution in [1.29, 1.82) is 0 Å². The second-order valence-corrected chi connectivity index (χ2v) is 11.6. The fraction of sp³-hybridized carbons (Fsp3) is 0.667. The predicted molar refractivity (Wildman–Crippen MR) is 153 cm³/mol. The molecule has 0 radical (unpaired) electrons. The van der Waals surface area contributed by atoms with Gasteiger partial charge in [-0.3, -0.25) is 9.59 Å². The summed E-state index contributed by atoms with van der Waals surface area (Å²) in [5, 5.41) is 57.6. The molecule has 1 amide bonds. The summed E-state index contributed by atoms with van der Waals surface area (Å²) in [5.41, 5.74) is 1.05. The van der Waals surface area contributed by atoms with Gasteiger partial charge in [0.1, 0.15) is 31.0 Å². The number of benzene rings is 1. The second kappa shape index (κ2) is 13.6. The van der Waals surface area contributed by atoms with Crippen LogP contribution < -0.4 is 20.1 Å². The molecule has 2 saturated heterocycles. The van der Waals surface area contributed by atoms with Gasteiger partial charge in [0.25, 0.3) is 0 Å². The average molecular weight is 623 g/mol. The number of nitrogens with one attached hydrogen (secondary N) is 2. The lowest BCUT2D eigenvalue weighted by molar-refractivity contribution is -0.310. The zero-order valence-corrected chi connectivity index (χ0v) is 24.9. The van der Waals surface area contributed by atoms with Gasteiger partial charge in [-0.25, -0.2) is 0 Å². The molecule has 44 heavy (non-hydrogen) atoms. The lowest BCUT2D eigenvalue weighted by atomic mass is 9.72. The molecular weight excluding hydrogens is 580 g/mol. The van der Waals surface area contributed by atoms with E-state index in [4.69, 9.17) is 23.4 Å². The van der Waals surface area contributed by atoms with Gasteiger partial charge in [0.15, 0.2) is 17.6 Å². The average Bonchev–Trinajstić information content (AvgIpc) is 3.73. The first-order valence-corrected chi connectivity index (χ1v) is 15.1. The van der Waals surface area contributed by atoms with Crippen molar-refractivity contribution in [3.8, 4) is 11.5 Å². The number of rotatable bonds is 12. The molecule has 1 spiro atoms. The number of aliphatic hydroxyl groups excluding tert-OH is 4. The molecule has 0 bridgehead atoms. The van der Waals surface area contributed by atoms with E-state index in [0.29, 0.717) is 29.6 Å². The Morgan fingerprint density at radius 1 is 1.16 bits per heavy atom. The maximum absolute atomic E-state index is 13.1. The van der Waals surface area contributed by atoms with E-state index < -0.39 is 48.4 Å². The summed E-state index contributed by atoms with van der Waals surface area (Å²) in [6.45, 7) is 2.96. The lowest BCUT2D eigenvalue weighted by Gasteiger charge is -2.41. The van der Waals surface area contributed by atoms with Gasteiger partial charge in [0, 0.05) is 36.4 Å². The van der Waals surface area contributed by atoms with Gasteiger partial charge in [-0.1, -0.05) is 12.8 Å². The summed E-state index contributed by atoms with van der Waals surface area (Å²) >= 11 is 0. The van der Waals surface area contributed by atoms with E-state index in [1.807, 2.05) is 0 Å². The minimum absolute atomic E-state index is 0.0281. The first-order chi connectivity index (χ1) is 21.1. The van der Waals surface area contributed by atoms with Crippen LogP contribution in [0.25, 0.3) is 11.0 Å². The standard InChI is InChI=1S/C30H42N2O12/c1-3-40-19(33)7-6-15-12-16-17(18-13-32-29(39)30(18)8-4-5-9-30)14-42-24(16)26(41-11-10-31-2)23(15)43-28-22(36)20(34)21(35)25(44-28)27(37)38/h12,14,18,20-22,25,27-28,31,34-38H,3-11,13H2,1-2H3,(H,32,39)/t18-,20-,21-,22+,25-,28-/m0/s1. The highest BCUT2D eigenvalue weighted by molar-refractivity contribution is 5.93. The summed E-state index contributed by atoms with van der Waals surface area (Å²) < 4.78 is 29.0. The van der Waals surface area contributed by atoms with Crippen molar-refractivity contribution < 1.29 is 58.5 Å². The van der Waals surface area contributed by atoms with Crippen LogP contribution in [0.1, 0.15) is 56.1 Å². The molecule has 2 aromatic rings. The van der Waals surface area contributed by atoms with Crippen LogP contribution in [0.5, 0.6) is 11.5 Å². The van der Waals surface area contributed by atoms with Gasteiger partial charge in [-0.05, 0) is 44.9 Å². The largest absolute Gasteiger partial charge is 0.485 e. The van der Waals surface area contributed by atoms with Crippen molar-refractivity contribution in [3.63, 3.8) is 0 Å². The maximum atomic E-state index is 13.1. The molecule has 6 atom stereocenters. The Kier molecular flexibility index (Phi) is 9.99. The van der Waals surface area contributed by atoms with Gasteiger partial charge >= 0.3 is 5.97 Å². The number of aliphatic hydroxyl groups is 5. The third kappa shape index (κ3) is 5.99. The van der Waals surface area contributed by atoms with E-state index in [9.17, 15) is 35.1 Å². The van der Waals surface area contributed by atoms with Gasteiger partial charge in [0.2, 0.25) is 17.9 Å². The fourth-order valence-corrected chi connectivity index (χ4v) is 6.68. The first kappa shape index (κ1) is 32.4. The number of likely N-dealkylation sites (N-methyl/N-ethyl adjacent to an activating group) is 1. The molecule has 1 aromatic heterocycles. The predicted octanol–water partition coefficient (Wildman–Crippen LogP) is -0.202. The highest BCUT2D eigenvalue weighted by atomic mass is 16.7. The van der Waals surface area contributed by atoms with Crippen molar-refractivity contribution in [1.82, 2.24) is 10.6 Å².